The van der Waals surface area contributed by atoms with Crippen LogP contribution in [-0.4, -0.2) is 17.4 Å². The van der Waals surface area contributed by atoms with Gasteiger partial charge in [-0.1, -0.05) is 23.2 Å². The van der Waals surface area contributed by atoms with Crippen LogP contribution in [0.2, 0.25) is 10.0 Å². The second-order valence-corrected chi connectivity index (χ2v) is 6.30. The molecule has 2 N–H and O–H groups in total. The highest BCUT2D eigenvalue weighted by Gasteiger charge is 2.16. The number of benzene rings is 1. The largest absolute Gasteiger partial charge is 0.311 e. The Hall–Kier alpha value is -1.14. The third-order valence-corrected chi connectivity index (χ3v) is 4.76. The van der Waals surface area contributed by atoms with Crippen molar-refractivity contribution in [3.05, 3.63) is 44.4 Å². The van der Waals surface area contributed by atoms with Gasteiger partial charge in [0.25, 0.3) is 5.91 Å². The van der Waals surface area contributed by atoms with Crippen LogP contribution in [0.1, 0.15) is 20.9 Å². The van der Waals surface area contributed by atoms with Gasteiger partial charge in [0.05, 0.1) is 15.7 Å². The summed E-state index contributed by atoms with van der Waals surface area (Å²) < 4.78 is 0. The van der Waals surface area contributed by atoms with Crippen molar-refractivity contribution in [2.75, 3.05) is 11.9 Å². The summed E-state index contributed by atoms with van der Waals surface area (Å²) in [7, 11) is 0. The lowest BCUT2D eigenvalue weighted by Crippen LogP contribution is -2.22. The van der Waals surface area contributed by atoms with Gasteiger partial charge < -0.3 is 5.32 Å². The monoisotopic (exact) mass is 327 g/mol. The highest BCUT2D eigenvalue weighted by molar-refractivity contribution is 7.15. The molecule has 0 bridgehead atoms. The third kappa shape index (κ3) is 2.81. The number of aromatic nitrogens is 1. The summed E-state index contributed by atoms with van der Waals surface area (Å²) in [5.74, 6) is -0.234. The fraction of sp³-hybridized carbons (Fsp3) is 0.231. The number of halogens is 2. The maximum Gasteiger partial charge on any atom is 0.257 e. The van der Waals surface area contributed by atoms with E-state index in [2.05, 4.69) is 15.6 Å². The zero-order chi connectivity index (χ0) is 14.1. The molecule has 0 spiro atoms. The van der Waals surface area contributed by atoms with E-state index in [0.717, 1.165) is 25.2 Å². The van der Waals surface area contributed by atoms with E-state index in [9.17, 15) is 4.79 Å². The van der Waals surface area contributed by atoms with Crippen molar-refractivity contribution in [2.24, 2.45) is 0 Å². The van der Waals surface area contributed by atoms with E-state index in [1.165, 1.54) is 16.2 Å². The summed E-state index contributed by atoms with van der Waals surface area (Å²) in [4.78, 5) is 17.8. The quantitative estimate of drug-likeness (QED) is 0.889. The predicted octanol–water partition coefficient (Wildman–Crippen LogP) is 3.35. The molecule has 1 aliphatic rings. The van der Waals surface area contributed by atoms with Gasteiger partial charge in [-0.15, -0.1) is 11.3 Å². The highest BCUT2D eigenvalue weighted by atomic mass is 35.5. The summed E-state index contributed by atoms with van der Waals surface area (Å²) in [6, 6.07) is 4.79. The molecule has 1 aliphatic heterocycles. The van der Waals surface area contributed by atoms with Crippen molar-refractivity contribution < 1.29 is 4.79 Å². The first-order chi connectivity index (χ1) is 9.63. The average Bonchev–Trinajstić information content (AvgIpc) is 2.83. The number of nitrogens with zero attached hydrogens (tertiary/aromatic N) is 1. The van der Waals surface area contributed by atoms with Crippen molar-refractivity contribution in [1.29, 1.82) is 0 Å². The van der Waals surface area contributed by atoms with Crippen LogP contribution in [0.25, 0.3) is 0 Å². The second kappa shape index (κ2) is 5.69. The second-order valence-electron chi connectivity index (χ2n) is 4.40. The number of fused-ring (bicyclic) bond motifs is 1. The minimum Gasteiger partial charge on any atom is -0.311 e. The van der Waals surface area contributed by atoms with E-state index in [4.69, 9.17) is 23.2 Å². The molecule has 0 unspecified atom stereocenters. The molecule has 20 heavy (non-hydrogen) atoms. The molecule has 4 nitrogen and oxygen atoms in total. The Morgan fingerprint density at radius 1 is 1.35 bits per heavy atom. The molecule has 0 aliphatic carbocycles. The van der Waals surface area contributed by atoms with Crippen molar-refractivity contribution >= 4 is 45.6 Å². The van der Waals surface area contributed by atoms with Gasteiger partial charge in [0.2, 0.25) is 0 Å². The van der Waals surface area contributed by atoms with E-state index in [0.29, 0.717) is 20.7 Å². The first kappa shape index (κ1) is 13.8. The van der Waals surface area contributed by atoms with Crippen LogP contribution in [-0.2, 0) is 13.0 Å². The van der Waals surface area contributed by atoms with E-state index in [-0.39, 0.29) is 5.91 Å². The number of hydrogen-bond donors (Lipinski definition) is 2. The van der Waals surface area contributed by atoms with E-state index in [1.54, 1.807) is 18.2 Å². The molecule has 2 aromatic rings. The maximum atomic E-state index is 12.1. The Bertz CT molecular complexity index is 648. The Labute approximate surface area is 130 Å². The molecule has 2 heterocycles. The van der Waals surface area contributed by atoms with Gasteiger partial charge >= 0.3 is 0 Å². The van der Waals surface area contributed by atoms with Gasteiger partial charge in [-0.25, -0.2) is 4.98 Å². The fourth-order valence-corrected chi connectivity index (χ4v) is 3.26. The zero-order valence-corrected chi connectivity index (χ0v) is 12.7. The summed E-state index contributed by atoms with van der Waals surface area (Å²) in [6.07, 6.45) is 0.897. The maximum absolute atomic E-state index is 12.1. The van der Waals surface area contributed by atoms with Crippen LogP contribution in [0.4, 0.5) is 5.13 Å². The molecule has 7 heteroatoms. The average molecular weight is 328 g/mol. The van der Waals surface area contributed by atoms with Crippen LogP contribution >= 0.6 is 34.5 Å². The molecule has 0 radical (unpaired) electrons. The molecule has 0 atom stereocenters. The Morgan fingerprint density at radius 2 is 2.20 bits per heavy atom. The molecule has 1 aromatic heterocycles. The van der Waals surface area contributed by atoms with Crippen LogP contribution < -0.4 is 10.6 Å². The lowest BCUT2D eigenvalue weighted by molar-refractivity contribution is 0.102. The smallest absolute Gasteiger partial charge is 0.257 e. The van der Waals surface area contributed by atoms with Crippen LogP contribution in [0.5, 0.6) is 0 Å². The first-order valence-electron chi connectivity index (χ1n) is 6.09. The predicted molar refractivity (Wildman–Crippen MR) is 81.9 cm³/mol. The molecule has 3 rings (SSSR count). The van der Waals surface area contributed by atoms with Crippen LogP contribution in [0.15, 0.2) is 18.2 Å². The molecule has 0 saturated carbocycles. The Kier molecular flexibility index (Phi) is 3.94. The van der Waals surface area contributed by atoms with Gasteiger partial charge in [0.15, 0.2) is 5.13 Å². The SMILES string of the molecule is O=C(Nc1nc2c(s1)CNCC2)c1ccc(Cl)c(Cl)c1. The summed E-state index contributed by atoms with van der Waals surface area (Å²) in [6.45, 7) is 1.74. The number of rotatable bonds is 2. The molecule has 0 fully saturated rings. The lowest BCUT2D eigenvalue weighted by atomic mass is 10.2. The minimum absolute atomic E-state index is 0.234. The number of thiazole rings is 1. The molecular weight excluding hydrogens is 317 g/mol. The number of carbonyl (C=O) groups is 1. The van der Waals surface area contributed by atoms with Gasteiger partial charge in [0.1, 0.15) is 0 Å². The fourth-order valence-electron chi connectivity index (χ4n) is 1.99. The van der Waals surface area contributed by atoms with Crippen molar-refractivity contribution in [3.63, 3.8) is 0 Å². The lowest BCUT2D eigenvalue weighted by Gasteiger charge is -2.09. The van der Waals surface area contributed by atoms with Gasteiger partial charge in [-0.2, -0.15) is 0 Å². The first-order valence-corrected chi connectivity index (χ1v) is 7.66. The standard InChI is InChI=1S/C13H11Cl2N3OS/c14-8-2-1-7(5-9(8)15)12(19)18-13-17-10-3-4-16-6-11(10)20-13/h1-2,5,16H,3-4,6H2,(H,17,18,19). The molecule has 1 aromatic carbocycles. The van der Waals surface area contributed by atoms with Crippen molar-refractivity contribution in [1.82, 2.24) is 10.3 Å². The van der Waals surface area contributed by atoms with Crippen molar-refractivity contribution in [3.8, 4) is 0 Å². The van der Waals surface area contributed by atoms with E-state index >= 15 is 0 Å². The molecular formula is C13H11Cl2N3OS. The van der Waals surface area contributed by atoms with E-state index < -0.39 is 0 Å². The van der Waals surface area contributed by atoms with Gasteiger partial charge in [-0.05, 0) is 18.2 Å². The highest BCUT2D eigenvalue weighted by Crippen LogP contribution is 2.27. The number of carbonyl (C=O) groups excluding carboxylic acids is 1. The topological polar surface area (TPSA) is 54.0 Å². The molecule has 0 saturated heterocycles. The number of anilines is 1. The molecule has 104 valence electrons. The summed E-state index contributed by atoms with van der Waals surface area (Å²) in [5, 5.41) is 7.49. The number of hydrogen-bond acceptors (Lipinski definition) is 4. The number of amides is 1. The van der Waals surface area contributed by atoms with Crippen molar-refractivity contribution in [2.45, 2.75) is 13.0 Å². The van der Waals surface area contributed by atoms with Gasteiger partial charge in [0, 0.05) is 30.0 Å². The summed E-state index contributed by atoms with van der Waals surface area (Å²) in [5.41, 5.74) is 1.53. The van der Waals surface area contributed by atoms with E-state index in [1.807, 2.05) is 0 Å². The molecule has 1 amide bonds. The number of nitrogens with one attached hydrogen (secondary N) is 2. The van der Waals surface area contributed by atoms with Crippen LogP contribution in [0.3, 0.4) is 0 Å². The van der Waals surface area contributed by atoms with Crippen LogP contribution in [0, 0.1) is 0 Å². The summed E-state index contributed by atoms with van der Waals surface area (Å²) >= 11 is 13.2. The normalized spacial score (nSPS) is 13.9. The minimum atomic E-state index is -0.234. The Balaban J connectivity index is 1.78. The third-order valence-electron chi connectivity index (χ3n) is 3.00. The zero-order valence-electron chi connectivity index (χ0n) is 10.4. The Morgan fingerprint density at radius 3 is 2.95 bits per heavy atom. The van der Waals surface area contributed by atoms with Gasteiger partial charge in [-0.3, -0.25) is 10.1 Å².